The zero-order valence-electron chi connectivity index (χ0n) is 11.4. The molecule has 112 valence electrons. The van der Waals surface area contributed by atoms with Crippen molar-refractivity contribution < 1.29 is 0 Å². The molecule has 0 spiro atoms. The maximum absolute atomic E-state index is 6.30. The third kappa shape index (κ3) is 2.80. The second-order valence-corrected chi connectivity index (χ2v) is 6.36. The minimum Gasteiger partial charge on any atom is -0.383 e. The van der Waals surface area contributed by atoms with Crippen molar-refractivity contribution in [2.75, 3.05) is 5.73 Å². The number of thiophene rings is 1. The first-order valence-corrected chi connectivity index (χ1v) is 8.09. The fourth-order valence-electron chi connectivity index (χ4n) is 2.12. The van der Waals surface area contributed by atoms with E-state index >= 15 is 0 Å². The maximum atomic E-state index is 6.30. The van der Waals surface area contributed by atoms with Crippen LogP contribution in [0.4, 0.5) is 5.82 Å². The van der Waals surface area contributed by atoms with Crippen molar-refractivity contribution in [2.45, 2.75) is 6.54 Å². The number of hydrogen-bond acceptors (Lipinski definition) is 5. The summed E-state index contributed by atoms with van der Waals surface area (Å²) in [4.78, 5) is 9.90. The second kappa shape index (κ2) is 6.22. The fourth-order valence-corrected chi connectivity index (χ4v) is 3.28. The van der Waals surface area contributed by atoms with Crippen LogP contribution in [-0.4, -0.2) is 9.97 Å². The SMILES string of the molecule is NCc1c(N)nc(-c2cccs2)nc1-c1ccc(Cl)cc1Cl. The second-order valence-electron chi connectivity index (χ2n) is 4.57. The van der Waals surface area contributed by atoms with E-state index in [2.05, 4.69) is 9.97 Å². The molecule has 4 nitrogen and oxygen atoms in total. The van der Waals surface area contributed by atoms with Crippen LogP contribution >= 0.6 is 34.5 Å². The van der Waals surface area contributed by atoms with E-state index < -0.39 is 0 Å². The van der Waals surface area contributed by atoms with Gasteiger partial charge in [-0.25, -0.2) is 9.97 Å². The van der Waals surface area contributed by atoms with Crippen LogP contribution in [0.25, 0.3) is 22.0 Å². The lowest BCUT2D eigenvalue weighted by Crippen LogP contribution is -2.09. The standard InChI is InChI=1S/C15H12Cl2N4S/c16-8-3-4-9(11(17)6-8)13-10(7-18)14(19)21-15(20-13)12-2-1-5-22-12/h1-6H,7,18H2,(H2,19,20,21). The summed E-state index contributed by atoms with van der Waals surface area (Å²) in [5.74, 6) is 0.924. The van der Waals surface area contributed by atoms with Crippen LogP contribution in [0.1, 0.15) is 5.56 Å². The Labute approximate surface area is 141 Å². The largest absolute Gasteiger partial charge is 0.383 e. The topological polar surface area (TPSA) is 77.8 Å². The number of halogens is 2. The summed E-state index contributed by atoms with van der Waals surface area (Å²) in [5, 5.41) is 3.02. The summed E-state index contributed by atoms with van der Waals surface area (Å²) in [6.07, 6.45) is 0. The molecule has 0 unspecified atom stereocenters. The Bertz CT molecular complexity index is 819. The third-order valence-electron chi connectivity index (χ3n) is 3.17. The Morgan fingerprint density at radius 2 is 1.95 bits per heavy atom. The van der Waals surface area contributed by atoms with Gasteiger partial charge in [-0.15, -0.1) is 11.3 Å². The highest BCUT2D eigenvalue weighted by atomic mass is 35.5. The quantitative estimate of drug-likeness (QED) is 0.741. The molecular formula is C15H12Cl2N4S. The summed E-state index contributed by atoms with van der Waals surface area (Å²) in [7, 11) is 0. The summed E-state index contributed by atoms with van der Waals surface area (Å²) in [6, 6.07) is 9.11. The summed E-state index contributed by atoms with van der Waals surface area (Å²) < 4.78 is 0. The number of rotatable bonds is 3. The van der Waals surface area contributed by atoms with Crippen molar-refractivity contribution in [1.82, 2.24) is 9.97 Å². The van der Waals surface area contributed by atoms with Gasteiger partial charge in [0.2, 0.25) is 0 Å². The molecule has 1 aromatic carbocycles. The van der Waals surface area contributed by atoms with E-state index in [0.717, 1.165) is 10.4 Å². The Balaban J connectivity index is 2.24. The van der Waals surface area contributed by atoms with E-state index in [1.165, 1.54) is 0 Å². The predicted molar refractivity (Wildman–Crippen MR) is 93.1 cm³/mol. The van der Waals surface area contributed by atoms with Crippen LogP contribution in [0, 0.1) is 0 Å². The van der Waals surface area contributed by atoms with Gasteiger partial charge in [0.15, 0.2) is 5.82 Å². The van der Waals surface area contributed by atoms with Crippen molar-refractivity contribution in [3.63, 3.8) is 0 Å². The van der Waals surface area contributed by atoms with E-state index in [1.54, 1.807) is 23.5 Å². The summed E-state index contributed by atoms with van der Waals surface area (Å²) >= 11 is 13.8. The van der Waals surface area contributed by atoms with Crippen molar-refractivity contribution in [3.8, 4) is 22.0 Å². The minimum absolute atomic E-state index is 0.227. The number of anilines is 1. The number of nitrogen functional groups attached to an aromatic ring is 1. The predicted octanol–water partition coefficient (Wildman–Crippen LogP) is 4.22. The molecule has 0 radical (unpaired) electrons. The molecule has 22 heavy (non-hydrogen) atoms. The van der Waals surface area contributed by atoms with Gasteiger partial charge in [0, 0.05) is 22.7 Å². The van der Waals surface area contributed by atoms with Crippen LogP contribution in [-0.2, 0) is 6.54 Å². The number of nitrogens with zero attached hydrogens (tertiary/aromatic N) is 2. The monoisotopic (exact) mass is 350 g/mol. The highest BCUT2D eigenvalue weighted by molar-refractivity contribution is 7.13. The van der Waals surface area contributed by atoms with E-state index in [9.17, 15) is 0 Å². The molecule has 0 bridgehead atoms. The first kappa shape index (κ1) is 15.2. The van der Waals surface area contributed by atoms with Gasteiger partial charge in [-0.2, -0.15) is 0 Å². The van der Waals surface area contributed by atoms with Gasteiger partial charge in [-0.1, -0.05) is 29.3 Å². The third-order valence-corrected chi connectivity index (χ3v) is 4.58. The Morgan fingerprint density at radius 3 is 2.59 bits per heavy atom. The van der Waals surface area contributed by atoms with E-state index in [1.807, 2.05) is 23.6 Å². The summed E-state index contributed by atoms with van der Waals surface area (Å²) in [5.41, 5.74) is 13.9. The molecule has 3 aromatic rings. The van der Waals surface area contributed by atoms with Gasteiger partial charge < -0.3 is 11.5 Å². The van der Waals surface area contributed by atoms with Crippen LogP contribution in [0.2, 0.25) is 10.0 Å². The van der Waals surface area contributed by atoms with E-state index in [0.29, 0.717) is 32.9 Å². The number of aromatic nitrogens is 2. The normalized spacial score (nSPS) is 10.9. The Kier molecular flexibility index (Phi) is 4.31. The maximum Gasteiger partial charge on any atom is 0.172 e. The minimum atomic E-state index is 0.227. The molecule has 0 fully saturated rings. The highest BCUT2D eigenvalue weighted by Gasteiger charge is 2.17. The van der Waals surface area contributed by atoms with Gasteiger partial charge in [0.25, 0.3) is 0 Å². The van der Waals surface area contributed by atoms with Crippen LogP contribution in [0.3, 0.4) is 0 Å². The molecule has 0 aliphatic carbocycles. The molecule has 3 rings (SSSR count). The smallest absolute Gasteiger partial charge is 0.172 e. The first-order valence-electron chi connectivity index (χ1n) is 6.46. The summed E-state index contributed by atoms with van der Waals surface area (Å²) in [6.45, 7) is 0.227. The van der Waals surface area contributed by atoms with Gasteiger partial charge in [0.1, 0.15) is 5.82 Å². The van der Waals surface area contributed by atoms with E-state index in [4.69, 9.17) is 34.7 Å². The van der Waals surface area contributed by atoms with Crippen LogP contribution in [0.15, 0.2) is 35.7 Å². The Morgan fingerprint density at radius 1 is 1.14 bits per heavy atom. The fraction of sp³-hybridized carbons (Fsp3) is 0.0667. The first-order chi connectivity index (χ1) is 10.6. The molecule has 2 heterocycles. The van der Waals surface area contributed by atoms with Gasteiger partial charge >= 0.3 is 0 Å². The number of benzene rings is 1. The zero-order valence-corrected chi connectivity index (χ0v) is 13.7. The molecular weight excluding hydrogens is 339 g/mol. The molecule has 4 N–H and O–H groups in total. The van der Waals surface area contributed by atoms with Crippen molar-refractivity contribution in [3.05, 3.63) is 51.3 Å². The van der Waals surface area contributed by atoms with Crippen molar-refractivity contribution >= 4 is 40.4 Å². The molecule has 0 aliphatic rings. The average molecular weight is 351 g/mol. The highest BCUT2D eigenvalue weighted by Crippen LogP contribution is 2.34. The zero-order chi connectivity index (χ0) is 15.7. The Hall–Kier alpha value is -1.66. The molecule has 2 aromatic heterocycles. The molecule has 0 atom stereocenters. The molecule has 7 heteroatoms. The lowest BCUT2D eigenvalue weighted by atomic mass is 10.1. The molecule has 0 saturated heterocycles. The number of hydrogen-bond donors (Lipinski definition) is 2. The van der Waals surface area contributed by atoms with Gasteiger partial charge in [-0.05, 0) is 29.6 Å². The lowest BCUT2D eigenvalue weighted by molar-refractivity contribution is 1.03. The van der Waals surface area contributed by atoms with Gasteiger partial charge in [0.05, 0.1) is 15.6 Å². The van der Waals surface area contributed by atoms with Crippen molar-refractivity contribution in [2.24, 2.45) is 5.73 Å². The van der Waals surface area contributed by atoms with Crippen LogP contribution in [0.5, 0.6) is 0 Å². The van der Waals surface area contributed by atoms with Crippen LogP contribution < -0.4 is 11.5 Å². The molecule has 0 amide bonds. The van der Waals surface area contributed by atoms with E-state index in [-0.39, 0.29) is 6.54 Å². The van der Waals surface area contributed by atoms with Crippen molar-refractivity contribution in [1.29, 1.82) is 0 Å². The molecule has 0 aliphatic heterocycles. The average Bonchev–Trinajstić information content (AvgIpc) is 3.00. The number of nitrogens with two attached hydrogens (primary N) is 2. The molecule has 0 saturated carbocycles. The lowest BCUT2D eigenvalue weighted by Gasteiger charge is -2.12. The van der Waals surface area contributed by atoms with Gasteiger partial charge in [-0.3, -0.25) is 0 Å².